The zero-order valence-corrected chi connectivity index (χ0v) is 14.2. The van der Waals surface area contributed by atoms with Gasteiger partial charge in [-0.3, -0.25) is 4.79 Å². The standard InChI is InChI=1S/C20H15ClN2O2/c1-12(24)17-18(13-7-9-15(21)10-8-13)16(11-22)20(23)25-19(17)14-5-3-2-4-6-14/h2-10,18H,23H2,1H3/t18-/m1/s1. The van der Waals surface area contributed by atoms with Gasteiger partial charge < -0.3 is 10.5 Å². The van der Waals surface area contributed by atoms with Gasteiger partial charge in [0.15, 0.2) is 5.78 Å². The molecule has 1 aliphatic rings. The van der Waals surface area contributed by atoms with Gasteiger partial charge in [0.25, 0.3) is 0 Å². The number of nitriles is 1. The molecule has 0 unspecified atom stereocenters. The quantitative estimate of drug-likeness (QED) is 0.902. The first-order valence-corrected chi connectivity index (χ1v) is 8.04. The van der Waals surface area contributed by atoms with E-state index in [9.17, 15) is 10.1 Å². The summed E-state index contributed by atoms with van der Waals surface area (Å²) in [4.78, 5) is 12.5. The first-order valence-electron chi connectivity index (χ1n) is 7.66. The summed E-state index contributed by atoms with van der Waals surface area (Å²) in [5.41, 5.74) is 8.10. The van der Waals surface area contributed by atoms with Crippen molar-refractivity contribution in [3.8, 4) is 6.07 Å². The largest absolute Gasteiger partial charge is 0.439 e. The van der Waals surface area contributed by atoms with Gasteiger partial charge in [-0.1, -0.05) is 54.1 Å². The molecule has 0 spiro atoms. The van der Waals surface area contributed by atoms with Gasteiger partial charge in [-0.2, -0.15) is 5.26 Å². The molecule has 3 rings (SSSR count). The van der Waals surface area contributed by atoms with Crippen molar-refractivity contribution in [1.82, 2.24) is 0 Å². The number of ketones is 1. The lowest BCUT2D eigenvalue weighted by Crippen LogP contribution is -2.23. The van der Waals surface area contributed by atoms with Gasteiger partial charge in [0.1, 0.15) is 17.4 Å². The molecule has 2 N–H and O–H groups in total. The first kappa shape index (κ1) is 16.8. The molecule has 25 heavy (non-hydrogen) atoms. The molecule has 2 aromatic carbocycles. The Hall–Kier alpha value is -3.03. The molecule has 0 aliphatic carbocycles. The van der Waals surface area contributed by atoms with Crippen molar-refractivity contribution >= 4 is 23.1 Å². The van der Waals surface area contributed by atoms with Crippen LogP contribution < -0.4 is 5.73 Å². The molecule has 1 atom stereocenters. The number of nitrogens with zero attached hydrogens (tertiary/aromatic N) is 1. The number of Topliss-reactive ketones (excluding diaryl/α,β-unsaturated/α-hetero) is 1. The van der Waals surface area contributed by atoms with Crippen LogP contribution in [0.4, 0.5) is 0 Å². The fraction of sp³-hybridized carbons (Fsp3) is 0.100. The second-order valence-corrected chi connectivity index (χ2v) is 6.08. The summed E-state index contributed by atoms with van der Waals surface area (Å²) in [5.74, 6) is -0.390. The summed E-state index contributed by atoms with van der Waals surface area (Å²) in [7, 11) is 0. The minimum atomic E-state index is -0.594. The van der Waals surface area contributed by atoms with Crippen molar-refractivity contribution in [1.29, 1.82) is 5.26 Å². The number of hydrogen-bond acceptors (Lipinski definition) is 4. The van der Waals surface area contributed by atoms with Crippen LogP contribution in [-0.4, -0.2) is 5.78 Å². The number of hydrogen-bond donors (Lipinski definition) is 1. The van der Waals surface area contributed by atoms with Crippen molar-refractivity contribution in [2.45, 2.75) is 12.8 Å². The van der Waals surface area contributed by atoms with Gasteiger partial charge in [0, 0.05) is 10.6 Å². The lowest BCUT2D eigenvalue weighted by Gasteiger charge is -2.28. The molecular formula is C20H15ClN2O2. The van der Waals surface area contributed by atoms with Gasteiger partial charge in [-0.05, 0) is 24.6 Å². The van der Waals surface area contributed by atoms with Gasteiger partial charge in [-0.25, -0.2) is 0 Å². The normalized spacial score (nSPS) is 17.1. The molecule has 0 saturated heterocycles. The number of rotatable bonds is 3. The SMILES string of the molecule is CC(=O)C1=C(c2ccccc2)OC(N)=C(C#N)[C@H]1c1ccc(Cl)cc1. The molecule has 0 fully saturated rings. The van der Waals surface area contributed by atoms with Crippen LogP contribution in [0.5, 0.6) is 0 Å². The highest BCUT2D eigenvalue weighted by Gasteiger charge is 2.35. The Balaban J connectivity index is 2.27. The predicted octanol–water partition coefficient (Wildman–Crippen LogP) is 4.15. The van der Waals surface area contributed by atoms with Crippen LogP contribution in [0, 0.1) is 11.3 Å². The summed E-state index contributed by atoms with van der Waals surface area (Å²) in [6, 6.07) is 18.3. The Bertz CT molecular complexity index is 922. The van der Waals surface area contributed by atoms with Crippen LogP contribution in [0.3, 0.4) is 0 Å². The highest BCUT2D eigenvalue weighted by atomic mass is 35.5. The first-order chi connectivity index (χ1) is 12.0. The van der Waals surface area contributed by atoms with E-state index in [4.69, 9.17) is 22.1 Å². The Labute approximate surface area is 150 Å². The maximum Gasteiger partial charge on any atom is 0.205 e. The molecule has 0 amide bonds. The van der Waals surface area contributed by atoms with E-state index in [0.29, 0.717) is 16.4 Å². The molecule has 0 radical (unpaired) electrons. The lowest BCUT2D eigenvalue weighted by molar-refractivity contribution is -0.113. The molecule has 124 valence electrons. The summed E-state index contributed by atoms with van der Waals surface area (Å²) in [5, 5.41) is 10.1. The van der Waals surface area contributed by atoms with E-state index in [1.54, 1.807) is 24.3 Å². The fourth-order valence-corrected chi connectivity index (χ4v) is 3.04. The number of carbonyl (C=O) groups excluding carboxylic acids is 1. The Morgan fingerprint density at radius 1 is 1.16 bits per heavy atom. The molecule has 0 aromatic heterocycles. The highest BCUT2D eigenvalue weighted by Crippen LogP contribution is 2.42. The van der Waals surface area contributed by atoms with E-state index in [1.807, 2.05) is 30.3 Å². The number of benzene rings is 2. The van der Waals surface area contributed by atoms with Crippen molar-refractivity contribution in [2.75, 3.05) is 0 Å². The molecule has 1 heterocycles. The van der Waals surface area contributed by atoms with Crippen LogP contribution in [0.2, 0.25) is 5.02 Å². The van der Waals surface area contributed by atoms with E-state index in [-0.39, 0.29) is 17.2 Å². The van der Waals surface area contributed by atoms with Crippen LogP contribution >= 0.6 is 11.6 Å². The molecule has 4 nitrogen and oxygen atoms in total. The molecule has 1 aliphatic heterocycles. The molecular weight excluding hydrogens is 336 g/mol. The molecule has 2 aromatic rings. The number of nitrogens with two attached hydrogens (primary N) is 1. The average molecular weight is 351 g/mol. The minimum absolute atomic E-state index is 0.00584. The average Bonchev–Trinajstić information content (AvgIpc) is 2.62. The van der Waals surface area contributed by atoms with Crippen molar-refractivity contribution in [3.63, 3.8) is 0 Å². The fourth-order valence-electron chi connectivity index (χ4n) is 2.91. The Kier molecular flexibility index (Phi) is 4.60. The van der Waals surface area contributed by atoms with Crippen LogP contribution in [0.1, 0.15) is 24.0 Å². The van der Waals surface area contributed by atoms with Crippen molar-refractivity contribution < 1.29 is 9.53 Å². The minimum Gasteiger partial charge on any atom is -0.439 e. The van der Waals surface area contributed by atoms with E-state index in [1.165, 1.54) is 6.92 Å². The third-order valence-corrected chi connectivity index (χ3v) is 4.29. The maximum absolute atomic E-state index is 12.5. The van der Waals surface area contributed by atoms with Crippen LogP contribution in [-0.2, 0) is 9.53 Å². The lowest BCUT2D eigenvalue weighted by atomic mass is 9.80. The molecule has 0 bridgehead atoms. The Morgan fingerprint density at radius 3 is 2.36 bits per heavy atom. The van der Waals surface area contributed by atoms with E-state index < -0.39 is 5.92 Å². The van der Waals surface area contributed by atoms with Gasteiger partial charge in [0.2, 0.25) is 5.88 Å². The predicted molar refractivity (Wildman–Crippen MR) is 96.1 cm³/mol. The number of allylic oxidation sites excluding steroid dienone is 2. The van der Waals surface area contributed by atoms with Gasteiger partial charge in [-0.15, -0.1) is 0 Å². The van der Waals surface area contributed by atoms with E-state index >= 15 is 0 Å². The summed E-state index contributed by atoms with van der Waals surface area (Å²) >= 11 is 5.97. The second kappa shape index (κ2) is 6.84. The zero-order chi connectivity index (χ0) is 18.0. The highest BCUT2D eigenvalue weighted by molar-refractivity contribution is 6.30. The second-order valence-electron chi connectivity index (χ2n) is 5.64. The van der Waals surface area contributed by atoms with Crippen molar-refractivity contribution in [3.05, 3.63) is 87.8 Å². The number of ether oxygens (including phenoxy) is 1. The number of carbonyl (C=O) groups is 1. The van der Waals surface area contributed by atoms with E-state index in [0.717, 1.165) is 11.1 Å². The summed E-state index contributed by atoms with van der Waals surface area (Å²) in [6.07, 6.45) is 0. The topological polar surface area (TPSA) is 76.1 Å². The van der Waals surface area contributed by atoms with E-state index in [2.05, 4.69) is 6.07 Å². The summed E-state index contributed by atoms with van der Waals surface area (Å²) < 4.78 is 5.69. The molecule has 5 heteroatoms. The molecule has 0 saturated carbocycles. The van der Waals surface area contributed by atoms with Gasteiger partial charge >= 0.3 is 0 Å². The summed E-state index contributed by atoms with van der Waals surface area (Å²) in [6.45, 7) is 1.46. The van der Waals surface area contributed by atoms with Crippen LogP contribution in [0.25, 0.3) is 5.76 Å². The third-order valence-electron chi connectivity index (χ3n) is 4.04. The zero-order valence-electron chi connectivity index (χ0n) is 13.5. The van der Waals surface area contributed by atoms with Gasteiger partial charge in [0.05, 0.1) is 11.5 Å². The number of halogens is 1. The monoisotopic (exact) mass is 350 g/mol. The Morgan fingerprint density at radius 2 is 1.80 bits per heavy atom. The maximum atomic E-state index is 12.5. The van der Waals surface area contributed by atoms with Crippen molar-refractivity contribution in [2.24, 2.45) is 5.73 Å². The third kappa shape index (κ3) is 3.15. The smallest absolute Gasteiger partial charge is 0.205 e. The van der Waals surface area contributed by atoms with Crippen LogP contribution in [0.15, 0.2) is 71.6 Å².